The molecule has 0 atom stereocenters. The predicted octanol–water partition coefficient (Wildman–Crippen LogP) is 5.13. The Morgan fingerprint density at radius 2 is 1.76 bits per heavy atom. The van der Waals surface area contributed by atoms with Gasteiger partial charge in [0.25, 0.3) is 11.6 Å². The molecule has 0 aliphatic rings. The van der Waals surface area contributed by atoms with Gasteiger partial charge in [-0.05, 0) is 56.1 Å². The molecule has 2 rings (SSSR count). The van der Waals surface area contributed by atoms with Gasteiger partial charge in [0, 0.05) is 25.6 Å². The number of hydrogen-bond donors (Lipinski definition) is 1. The zero-order valence-electron chi connectivity index (χ0n) is 10.3. The molecule has 2 aromatic rings. The van der Waals surface area contributed by atoms with Crippen molar-refractivity contribution in [1.82, 2.24) is 0 Å². The Bertz CT molecular complexity index is 735. The maximum Gasteiger partial charge on any atom is 0.270 e. The number of nitrogens with zero attached hydrogens (tertiary/aromatic N) is 1. The second-order valence-electron chi connectivity index (χ2n) is 4.00. The van der Waals surface area contributed by atoms with E-state index in [1.165, 1.54) is 18.2 Å². The van der Waals surface area contributed by atoms with Crippen molar-refractivity contribution in [2.75, 3.05) is 5.32 Å². The summed E-state index contributed by atoms with van der Waals surface area (Å²) < 4.78 is 2.05. The molecule has 0 radical (unpaired) electrons. The lowest BCUT2D eigenvalue weighted by molar-refractivity contribution is -0.384. The number of nitro benzene ring substituents is 1. The van der Waals surface area contributed by atoms with Gasteiger partial charge >= 0.3 is 0 Å². The summed E-state index contributed by atoms with van der Waals surface area (Å²) in [6, 6.07) is 9.32. The second kappa shape index (κ2) is 6.67. The van der Waals surface area contributed by atoms with Gasteiger partial charge in [-0.3, -0.25) is 14.9 Å². The van der Waals surface area contributed by atoms with E-state index < -0.39 is 10.8 Å². The fraction of sp³-hybridized carbons (Fsp3) is 0. The van der Waals surface area contributed by atoms with E-state index in [0.717, 1.165) is 4.47 Å². The summed E-state index contributed by atoms with van der Waals surface area (Å²) in [7, 11) is 0. The summed E-state index contributed by atoms with van der Waals surface area (Å²) in [4.78, 5) is 22.5. The number of halogens is 3. The third kappa shape index (κ3) is 3.90. The quantitative estimate of drug-likeness (QED) is 0.490. The van der Waals surface area contributed by atoms with Crippen molar-refractivity contribution in [3.8, 4) is 0 Å². The zero-order chi connectivity index (χ0) is 15.6. The van der Waals surface area contributed by atoms with Gasteiger partial charge < -0.3 is 5.32 Å². The van der Waals surface area contributed by atoms with Crippen LogP contribution < -0.4 is 5.32 Å². The lowest BCUT2D eigenvalue weighted by Crippen LogP contribution is -2.13. The van der Waals surface area contributed by atoms with Crippen LogP contribution in [0.25, 0.3) is 0 Å². The Balaban J connectivity index is 2.32. The third-order valence-electron chi connectivity index (χ3n) is 2.58. The van der Waals surface area contributed by atoms with E-state index in [1.54, 1.807) is 18.2 Å². The minimum Gasteiger partial charge on any atom is -0.321 e. The van der Waals surface area contributed by atoms with E-state index >= 15 is 0 Å². The van der Waals surface area contributed by atoms with Crippen LogP contribution >= 0.6 is 47.8 Å². The summed E-state index contributed by atoms with van der Waals surface area (Å²) in [6.07, 6.45) is 0. The van der Waals surface area contributed by atoms with E-state index in [9.17, 15) is 14.9 Å². The average molecular weight is 479 g/mol. The SMILES string of the molecule is O=C(Nc1ccc(Br)cc1Br)c1cc([N+](=O)[O-])ccc1Br. The number of carbonyl (C=O) groups excluding carboxylic acids is 1. The van der Waals surface area contributed by atoms with Gasteiger partial charge in [-0.15, -0.1) is 0 Å². The zero-order valence-corrected chi connectivity index (χ0v) is 15.0. The van der Waals surface area contributed by atoms with Crippen LogP contribution in [0.4, 0.5) is 11.4 Å². The first kappa shape index (κ1) is 16.1. The van der Waals surface area contributed by atoms with Crippen molar-refractivity contribution in [3.63, 3.8) is 0 Å². The summed E-state index contributed by atoms with van der Waals surface area (Å²) in [6.45, 7) is 0. The van der Waals surface area contributed by atoms with Gasteiger partial charge in [0.1, 0.15) is 0 Å². The maximum atomic E-state index is 12.3. The predicted molar refractivity (Wildman–Crippen MR) is 90.6 cm³/mol. The van der Waals surface area contributed by atoms with Crippen molar-refractivity contribution in [2.24, 2.45) is 0 Å². The monoisotopic (exact) mass is 476 g/mol. The molecule has 0 aliphatic heterocycles. The number of non-ortho nitro benzene ring substituents is 1. The fourth-order valence-corrected chi connectivity index (χ4v) is 3.15. The van der Waals surface area contributed by atoms with Crippen molar-refractivity contribution in [3.05, 3.63) is 65.5 Å². The van der Waals surface area contributed by atoms with Crippen molar-refractivity contribution < 1.29 is 9.72 Å². The van der Waals surface area contributed by atoms with Gasteiger partial charge in [0.2, 0.25) is 0 Å². The van der Waals surface area contributed by atoms with Crippen molar-refractivity contribution >= 4 is 65.1 Å². The average Bonchev–Trinajstić information content (AvgIpc) is 2.42. The number of amides is 1. The van der Waals surface area contributed by atoms with E-state index in [4.69, 9.17) is 0 Å². The molecule has 1 amide bonds. The highest BCUT2D eigenvalue weighted by Gasteiger charge is 2.16. The smallest absolute Gasteiger partial charge is 0.270 e. The summed E-state index contributed by atoms with van der Waals surface area (Å²) in [5.74, 6) is -0.436. The van der Waals surface area contributed by atoms with Gasteiger partial charge in [-0.2, -0.15) is 0 Å². The lowest BCUT2D eigenvalue weighted by Gasteiger charge is -2.09. The Hall–Kier alpha value is -1.25. The number of nitrogens with one attached hydrogen (secondary N) is 1. The number of carbonyl (C=O) groups is 1. The molecule has 2 aromatic carbocycles. The Labute approximate surface area is 145 Å². The second-order valence-corrected chi connectivity index (χ2v) is 6.62. The molecule has 0 spiro atoms. The van der Waals surface area contributed by atoms with E-state index in [1.807, 2.05) is 0 Å². The molecule has 0 saturated heterocycles. The molecule has 0 heterocycles. The molecule has 0 saturated carbocycles. The van der Waals surface area contributed by atoms with E-state index in [-0.39, 0.29) is 11.3 Å². The van der Waals surface area contributed by atoms with Crippen LogP contribution in [0.15, 0.2) is 49.8 Å². The third-order valence-corrected chi connectivity index (χ3v) is 4.43. The van der Waals surface area contributed by atoms with Crippen LogP contribution in [-0.2, 0) is 0 Å². The lowest BCUT2D eigenvalue weighted by atomic mass is 10.2. The summed E-state index contributed by atoms with van der Waals surface area (Å²) >= 11 is 9.88. The van der Waals surface area contributed by atoms with Crippen LogP contribution in [0.2, 0.25) is 0 Å². The first-order valence-corrected chi connectivity index (χ1v) is 7.96. The molecule has 0 aromatic heterocycles. The van der Waals surface area contributed by atoms with Gasteiger partial charge in [0.05, 0.1) is 16.2 Å². The maximum absolute atomic E-state index is 12.3. The van der Waals surface area contributed by atoms with E-state index in [0.29, 0.717) is 14.6 Å². The largest absolute Gasteiger partial charge is 0.321 e. The Kier molecular flexibility index (Phi) is 5.13. The molecule has 5 nitrogen and oxygen atoms in total. The summed E-state index contributed by atoms with van der Waals surface area (Å²) in [5, 5.41) is 13.5. The Morgan fingerprint density at radius 1 is 1.05 bits per heavy atom. The molecular formula is C13H7Br3N2O3. The van der Waals surface area contributed by atoms with Gasteiger partial charge in [0.15, 0.2) is 0 Å². The Morgan fingerprint density at radius 3 is 2.38 bits per heavy atom. The highest BCUT2D eigenvalue weighted by Crippen LogP contribution is 2.28. The van der Waals surface area contributed by atoms with Gasteiger partial charge in [-0.1, -0.05) is 15.9 Å². The number of anilines is 1. The van der Waals surface area contributed by atoms with Crippen molar-refractivity contribution in [1.29, 1.82) is 0 Å². The molecule has 0 fully saturated rings. The van der Waals surface area contributed by atoms with Crippen molar-refractivity contribution in [2.45, 2.75) is 0 Å². The molecule has 1 N–H and O–H groups in total. The van der Waals surface area contributed by atoms with Crippen LogP contribution in [-0.4, -0.2) is 10.8 Å². The van der Waals surface area contributed by atoms with Gasteiger partial charge in [-0.25, -0.2) is 0 Å². The number of rotatable bonds is 3. The number of nitro groups is 1. The fourth-order valence-electron chi connectivity index (χ4n) is 1.58. The molecule has 108 valence electrons. The number of hydrogen-bond acceptors (Lipinski definition) is 3. The first-order chi connectivity index (χ1) is 9.88. The van der Waals surface area contributed by atoms with Crippen LogP contribution in [0, 0.1) is 10.1 Å². The molecular weight excluding hydrogens is 472 g/mol. The summed E-state index contributed by atoms with van der Waals surface area (Å²) in [5.41, 5.74) is 0.624. The van der Waals surface area contributed by atoms with Crippen LogP contribution in [0.1, 0.15) is 10.4 Å². The highest BCUT2D eigenvalue weighted by atomic mass is 79.9. The first-order valence-electron chi connectivity index (χ1n) is 5.59. The topological polar surface area (TPSA) is 72.2 Å². The molecule has 8 heteroatoms. The van der Waals surface area contributed by atoms with Crippen LogP contribution in [0.5, 0.6) is 0 Å². The minimum absolute atomic E-state index is 0.141. The number of benzene rings is 2. The molecule has 21 heavy (non-hydrogen) atoms. The normalized spacial score (nSPS) is 10.2. The molecule has 0 aliphatic carbocycles. The molecule has 0 unspecified atom stereocenters. The highest BCUT2D eigenvalue weighted by molar-refractivity contribution is 9.11. The van der Waals surface area contributed by atoms with E-state index in [2.05, 4.69) is 53.1 Å². The van der Waals surface area contributed by atoms with Crippen LogP contribution in [0.3, 0.4) is 0 Å². The minimum atomic E-state index is -0.543. The molecule has 0 bridgehead atoms. The standard InChI is InChI=1S/C13H7Br3N2O3/c14-7-1-4-12(11(16)5-7)17-13(19)9-6-8(18(20)21)2-3-10(9)15/h1-6H,(H,17,19).